The molecular formula is C26H30O2. The van der Waals surface area contributed by atoms with Gasteiger partial charge in [0, 0.05) is 5.57 Å². The van der Waals surface area contributed by atoms with E-state index in [9.17, 15) is 4.79 Å². The highest BCUT2D eigenvalue weighted by Crippen LogP contribution is 2.37. The maximum absolute atomic E-state index is 9.60. The summed E-state index contributed by atoms with van der Waals surface area (Å²) >= 11 is 0. The van der Waals surface area contributed by atoms with Crippen molar-refractivity contribution in [3.8, 4) is 0 Å². The fourth-order valence-electron chi connectivity index (χ4n) is 4.22. The second-order valence-electron chi connectivity index (χ2n) is 8.06. The Morgan fingerprint density at radius 1 is 1.11 bits per heavy atom. The smallest absolute Gasteiger partial charge is 0.330 e. The predicted molar refractivity (Wildman–Crippen MR) is 119 cm³/mol. The number of carbonyl (C=O) groups is 1. The van der Waals surface area contributed by atoms with Crippen molar-refractivity contribution in [2.45, 2.75) is 46.5 Å². The summed E-state index contributed by atoms with van der Waals surface area (Å²) in [6.07, 6.45) is 5.18. The van der Waals surface area contributed by atoms with Gasteiger partial charge < -0.3 is 5.11 Å². The van der Waals surface area contributed by atoms with Gasteiger partial charge in [0.1, 0.15) is 0 Å². The molecule has 0 fully saturated rings. The summed E-state index contributed by atoms with van der Waals surface area (Å²) in [5.41, 5.74) is 3.39. The number of carboxylic acid groups (broad SMARTS) is 1. The first-order valence-electron chi connectivity index (χ1n) is 10.2. The van der Waals surface area contributed by atoms with Crippen LogP contribution < -0.4 is 0 Å². The molecule has 4 rings (SSSR count). The third-order valence-electron chi connectivity index (χ3n) is 6.20. The molecule has 0 heterocycles. The van der Waals surface area contributed by atoms with Gasteiger partial charge >= 0.3 is 5.97 Å². The lowest BCUT2D eigenvalue weighted by molar-refractivity contribution is -0.132. The molecule has 28 heavy (non-hydrogen) atoms. The van der Waals surface area contributed by atoms with Crippen LogP contribution in [0.15, 0.2) is 60.7 Å². The van der Waals surface area contributed by atoms with E-state index < -0.39 is 5.97 Å². The molecular weight excluding hydrogens is 344 g/mol. The maximum atomic E-state index is 9.60. The summed E-state index contributed by atoms with van der Waals surface area (Å²) in [7, 11) is 0. The zero-order valence-electron chi connectivity index (χ0n) is 17.2. The van der Waals surface area contributed by atoms with Gasteiger partial charge in [0.05, 0.1) is 0 Å². The molecule has 0 radical (unpaired) electrons. The summed E-state index contributed by atoms with van der Waals surface area (Å²) in [4.78, 5) is 9.60. The van der Waals surface area contributed by atoms with E-state index in [0.29, 0.717) is 0 Å². The van der Waals surface area contributed by atoms with Crippen LogP contribution in [0, 0.1) is 11.8 Å². The van der Waals surface area contributed by atoms with Crippen LogP contribution in [0.5, 0.6) is 0 Å². The Labute approximate surface area is 167 Å². The summed E-state index contributed by atoms with van der Waals surface area (Å²) in [5, 5.41) is 13.6. The standard InChI is InChI=1S/C22H24.C4H6O2/c1-3-15(2)17-9-11-20-18(14-17)10-13-21-19-7-5-4-6-16(19)8-12-22(20)21;1-3(2)4(5)6/h4-8,10,12-13,15,17H,3,9,11,14H2,1-2H3;1H2,2H3,(H,5,6). The lowest BCUT2D eigenvalue weighted by Gasteiger charge is -2.30. The molecule has 0 bridgehead atoms. The average Bonchev–Trinajstić information content (AvgIpc) is 2.72. The van der Waals surface area contributed by atoms with Gasteiger partial charge in [0.15, 0.2) is 0 Å². The first kappa shape index (κ1) is 20.1. The van der Waals surface area contributed by atoms with Gasteiger partial charge in [-0.3, -0.25) is 0 Å². The van der Waals surface area contributed by atoms with E-state index in [1.807, 2.05) is 0 Å². The SMILES string of the molecule is C=C(C)C(=O)O.CCC(C)C1CCc2c(ccc3c2ccc2ccccc23)C1. The molecule has 1 aliphatic carbocycles. The Hall–Kier alpha value is -2.61. The molecule has 0 amide bonds. The van der Waals surface area contributed by atoms with Gasteiger partial charge in [-0.1, -0.05) is 75.4 Å². The summed E-state index contributed by atoms with van der Waals surface area (Å²) in [5.74, 6) is 0.783. The predicted octanol–water partition coefficient (Wildman–Crippen LogP) is 6.79. The van der Waals surface area contributed by atoms with Crippen molar-refractivity contribution in [1.82, 2.24) is 0 Å². The summed E-state index contributed by atoms with van der Waals surface area (Å²) < 4.78 is 0. The first-order chi connectivity index (χ1) is 13.4. The second kappa shape index (κ2) is 8.60. The van der Waals surface area contributed by atoms with Crippen molar-refractivity contribution in [3.63, 3.8) is 0 Å². The largest absolute Gasteiger partial charge is 0.478 e. The van der Waals surface area contributed by atoms with E-state index in [-0.39, 0.29) is 5.57 Å². The number of fused-ring (bicyclic) bond motifs is 5. The van der Waals surface area contributed by atoms with Crippen LogP contribution >= 0.6 is 0 Å². The molecule has 2 nitrogen and oxygen atoms in total. The fourth-order valence-corrected chi connectivity index (χ4v) is 4.22. The molecule has 3 aromatic carbocycles. The molecule has 2 unspecified atom stereocenters. The maximum Gasteiger partial charge on any atom is 0.330 e. The van der Waals surface area contributed by atoms with Crippen LogP contribution in [-0.2, 0) is 17.6 Å². The molecule has 1 aliphatic rings. The van der Waals surface area contributed by atoms with E-state index in [2.05, 4.69) is 69.0 Å². The third-order valence-corrected chi connectivity index (χ3v) is 6.20. The van der Waals surface area contributed by atoms with Crippen molar-refractivity contribution >= 4 is 27.5 Å². The monoisotopic (exact) mass is 374 g/mol. The second-order valence-corrected chi connectivity index (χ2v) is 8.06. The molecule has 0 spiro atoms. The lowest BCUT2D eigenvalue weighted by atomic mass is 9.75. The van der Waals surface area contributed by atoms with E-state index in [1.54, 1.807) is 11.1 Å². The van der Waals surface area contributed by atoms with Gasteiger partial charge in [0.2, 0.25) is 0 Å². The Morgan fingerprint density at radius 3 is 2.46 bits per heavy atom. The van der Waals surface area contributed by atoms with Crippen LogP contribution in [0.3, 0.4) is 0 Å². The molecule has 0 aromatic heterocycles. The zero-order valence-corrected chi connectivity index (χ0v) is 17.2. The number of aryl methyl sites for hydroxylation is 1. The average molecular weight is 375 g/mol. The van der Waals surface area contributed by atoms with Crippen molar-refractivity contribution in [3.05, 3.63) is 71.8 Å². The number of carboxylic acids is 1. The minimum absolute atomic E-state index is 0.176. The van der Waals surface area contributed by atoms with Crippen LogP contribution in [0.25, 0.3) is 21.5 Å². The molecule has 0 saturated carbocycles. The highest BCUT2D eigenvalue weighted by atomic mass is 16.4. The molecule has 2 atom stereocenters. The zero-order chi connectivity index (χ0) is 20.3. The van der Waals surface area contributed by atoms with Gasteiger partial charge in [-0.2, -0.15) is 0 Å². The van der Waals surface area contributed by atoms with Gasteiger partial charge in [-0.15, -0.1) is 0 Å². The van der Waals surface area contributed by atoms with Crippen LogP contribution in [0.1, 0.15) is 44.7 Å². The minimum atomic E-state index is -0.935. The lowest BCUT2D eigenvalue weighted by Crippen LogP contribution is -2.20. The van der Waals surface area contributed by atoms with E-state index in [1.165, 1.54) is 54.2 Å². The Bertz CT molecular complexity index is 1000. The topological polar surface area (TPSA) is 37.3 Å². The molecule has 2 heteroatoms. The molecule has 0 aliphatic heterocycles. The van der Waals surface area contributed by atoms with Gasteiger partial charge in [-0.05, 0) is 70.7 Å². The molecule has 1 N–H and O–H groups in total. The van der Waals surface area contributed by atoms with Crippen molar-refractivity contribution in [1.29, 1.82) is 0 Å². The van der Waals surface area contributed by atoms with E-state index in [0.717, 1.165) is 11.8 Å². The number of hydrogen-bond donors (Lipinski definition) is 1. The van der Waals surface area contributed by atoms with E-state index in [4.69, 9.17) is 5.11 Å². The van der Waals surface area contributed by atoms with Gasteiger partial charge in [0.25, 0.3) is 0 Å². The number of rotatable bonds is 3. The van der Waals surface area contributed by atoms with E-state index >= 15 is 0 Å². The van der Waals surface area contributed by atoms with Gasteiger partial charge in [-0.25, -0.2) is 4.79 Å². The number of aliphatic carboxylic acids is 1. The number of hydrogen-bond acceptors (Lipinski definition) is 1. The summed E-state index contributed by atoms with van der Waals surface area (Å²) in [6, 6.07) is 18.2. The fraction of sp³-hybridized carbons (Fsp3) is 0.346. The Kier molecular flexibility index (Phi) is 6.18. The highest BCUT2D eigenvalue weighted by molar-refractivity contribution is 6.08. The molecule has 3 aromatic rings. The minimum Gasteiger partial charge on any atom is -0.478 e. The van der Waals surface area contributed by atoms with Crippen molar-refractivity contribution in [2.75, 3.05) is 0 Å². The van der Waals surface area contributed by atoms with Crippen LogP contribution in [0.4, 0.5) is 0 Å². The summed E-state index contributed by atoms with van der Waals surface area (Å²) in [6.45, 7) is 9.35. The quantitative estimate of drug-likeness (QED) is 0.405. The van der Waals surface area contributed by atoms with Crippen molar-refractivity contribution < 1.29 is 9.90 Å². The Morgan fingerprint density at radius 2 is 1.79 bits per heavy atom. The highest BCUT2D eigenvalue weighted by Gasteiger charge is 2.23. The third kappa shape index (κ3) is 4.11. The normalized spacial score (nSPS) is 16.8. The van der Waals surface area contributed by atoms with Crippen LogP contribution in [-0.4, -0.2) is 11.1 Å². The van der Waals surface area contributed by atoms with Crippen molar-refractivity contribution in [2.24, 2.45) is 11.8 Å². The first-order valence-corrected chi connectivity index (χ1v) is 10.2. The van der Waals surface area contributed by atoms with Crippen LogP contribution in [0.2, 0.25) is 0 Å². The molecule has 146 valence electrons. The number of benzene rings is 3. The molecule has 0 saturated heterocycles. The Balaban J connectivity index is 0.000000330.